The fourth-order valence-electron chi connectivity index (χ4n) is 10.0. The lowest BCUT2D eigenvalue weighted by Crippen LogP contribution is -2.30. The molecule has 0 amide bonds. The highest BCUT2D eigenvalue weighted by Crippen LogP contribution is 2.17. The van der Waals surface area contributed by atoms with Crippen molar-refractivity contribution in [2.75, 3.05) is 13.2 Å². The average molecular weight is 1140 g/mol. The number of carbonyl (C=O) groups is 3. The van der Waals surface area contributed by atoms with Crippen LogP contribution in [0.2, 0.25) is 0 Å². The molecule has 0 N–H and O–H groups in total. The number of hydrogen-bond donors (Lipinski definition) is 0. The predicted octanol–water partition coefficient (Wildman–Crippen LogP) is 24.4. The van der Waals surface area contributed by atoms with Crippen LogP contribution >= 0.6 is 0 Å². The van der Waals surface area contributed by atoms with Crippen LogP contribution in [0.4, 0.5) is 0 Å². The molecule has 0 aromatic heterocycles. The maximum absolute atomic E-state index is 13.0. The van der Waals surface area contributed by atoms with Gasteiger partial charge in [-0.3, -0.25) is 14.4 Å². The summed E-state index contributed by atoms with van der Waals surface area (Å²) in [6.45, 7) is 6.53. The molecule has 0 bridgehead atoms. The van der Waals surface area contributed by atoms with Crippen LogP contribution in [-0.4, -0.2) is 37.2 Å². The Kier molecular flexibility index (Phi) is 66.7. The van der Waals surface area contributed by atoms with Crippen molar-refractivity contribution in [3.63, 3.8) is 0 Å². The van der Waals surface area contributed by atoms with E-state index in [9.17, 15) is 14.4 Å². The molecule has 6 heteroatoms. The summed E-state index contributed by atoms with van der Waals surface area (Å²) in [7, 11) is 0. The van der Waals surface area contributed by atoms with Crippen molar-refractivity contribution in [3.8, 4) is 0 Å². The van der Waals surface area contributed by atoms with Crippen LogP contribution in [0.1, 0.15) is 348 Å². The molecule has 0 aliphatic carbocycles. The minimum Gasteiger partial charge on any atom is -0.462 e. The third-order valence-corrected chi connectivity index (χ3v) is 15.3. The standard InChI is InChI=1S/C76H132O6/c1-4-7-10-13-16-19-22-25-28-31-34-35-36-37-38-39-40-41-43-45-48-51-54-57-60-63-66-69-75(78)81-72-73(71-80-74(77)68-65-62-59-56-53-50-47-44-33-30-27-24-21-18-15-12-9-6-3)82-76(79)70-67-64-61-58-55-52-49-46-42-32-29-26-23-20-17-14-11-8-5-2/h7,10,16-17,19-20,25-26,28-30,33-35,42,46,73H,4-6,8-9,11-15,18,21-24,27,31-32,36-41,43-45,47-72H2,1-3H3/b10-7-,19-16-,20-17-,28-25-,29-26-,33-30-,35-34-,46-42-. The van der Waals surface area contributed by atoms with E-state index < -0.39 is 6.10 Å². The van der Waals surface area contributed by atoms with Crippen LogP contribution in [-0.2, 0) is 28.6 Å². The fourth-order valence-corrected chi connectivity index (χ4v) is 10.0. The van der Waals surface area contributed by atoms with Gasteiger partial charge in [-0.1, -0.05) is 304 Å². The van der Waals surface area contributed by atoms with Crippen molar-refractivity contribution in [2.24, 2.45) is 0 Å². The molecule has 0 spiro atoms. The summed E-state index contributed by atoms with van der Waals surface area (Å²) in [6.07, 6.45) is 94.2. The highest BCUT2D eigenvalue weighted by atomic mass is 16.6. The van der Waals surface area contributed by atoms with Crippen molar-refractivity contribution >= 4 is 17.9 Å². The summed E-state index contributed by atoms with van der Waals surface area (Å²) in [5, 5.41) is 0. The van der Waals surface area contributed by atoms with E-state index >= 15 is 0 Å². The van der Waals surface area contributed by atoms with E-state index in [1.54, 1.807) is 0 Å². The fraction of sp³-hybridized carbons (Fsp3) is 0.750. The van der Waals surface area contributed by atoms with Gasteiger partial charge in [-0.25, -0.2) is 0 Å². The first kappa shape index (κ1) is 78.3. The molecule has 1 atom stereocenters. The SMILES string of the molecule is CC/C=C\C/C=C\C/C=C\C/C=C\CCCCCCCCCCCCCCCCC(=O)OCC(COC(=O)CCCCCCCCC/C=C\CCCCCCCCC)OC(=O)CCCCCCCC/C=C\C/C=C\C/C=C\CCCCC. The minimum absolute atomic E-state index is 0.0825. The van der Waals surface area contributed by atoms with Crippen LogP contribution < -0.4 is 0 Å². The van der Waals surface area contributed by atoms with Gasteiger partial charge >= 0.3 is 17.9 Å². The second-order valence-corrected chi connectivity index (χ2v) is 23.4. The van der Waals surface area contributed by atoms with E-state index in [0.29, 0.717) is 19.3 Å². The lowest BCUT2D eigenvalue weighted by molar-refractivity contribution is -0.167. The predicted molar refractivity (Wildman–Crippen MR) is 357 cm³/mol. The lowest BCUT2D eigenvalue weighted by Gasteiger charge is -2.18. The second-order valence-electron chi connectivity index (χ2n) is 23.4. The number of hydrogen-bond acceptors (Lipinski definition) is 6. The van der Waals surface area contributed by atoms with Gasteiger partial charge in [-0.2, -0.15) is 0 Å². The Bertz CT molecular complexity index is 1590. The second kappa shape index (κ2) is 69.8. The number of carbonyl (C=O) groups excluding carboxylic acids is 3. The first-order valence-electron chi connectivity index (χ1n) is 35.2. The van der Waals surface area contributed by atoms with Crippen molar-refractivity contribution in [1.29, 1.82) is 0 Å². The Balaban J connectivity index is 4.34. The van der Waals surface area contributed by atoms with E-state index in [-0.39, 0.29) is 31.1 Å². The van der Waals surface area contributed by atoms with E-state index in [1.165, 1.54) is 199 Å². The molecular formula is C76H132O6. The van der Waals surface area contributed by atoms with Gasteiger partial charge in [0.25, 0.3) is 0 Å². The maximum atomic E-state index is 13.0. The molecular weight excluding hydrogens is 1010 g/mol. The van der Waals surface area contributed by atoms with E-state index in [4.69, 9.17) is 14.2 Å². The molecule has 0 saturated carbocycles. The zero-order valence-corrected chi connectivity index (χ0v) is 54.2. The van der Waals surface area contributed by atoms with Crippen molar-refractivity contribution < 1.29 is 28.6 Å². The molecule has 6 nitrogen and oxygen atoms in total. The zero-order chi connectivity index (χ0) is 59.2. The molecule has 0 aromatic rings. The highest BCUT2D eigenvalue weighted by molar-refractivity contribution is 5.71. The van der Waals surface area contributed by atoms with Crippen molar-refractivity contribution in [2.45, 2.75) is 354 Å². The van der Waals surface area contributed by atoms with Crippen LogP contribution in [0.25, 0.3) is 0 Å². The average Bonchev–Trinajstić information content (AvgIpc) is 3.47. The number of allylic oxidation sites excluding steroid dienone is 16. The summed E-state index contributed by atoms with van der Waals surface area (Å²) >= 11 is 0. The van der Waals surface area contributed by atoms with Gasteiger partial charge in [0.2, 0.25) is 0 Å². The normalized spacial score (nSPS) is 12.7. The number of ether oxygens (including phenoxy) is 3. The first-order valence-corrected chi connectivity index (χ1v) is 35.2. The monoisotopic (exact) mass is 1140 g/mol. The molecule has 0 heterocycles. The number of rotatable bonds is 64. The van der Waals surface area contributed by atoms with Gasteiger partial charge in [-0.05, 0) is 122 Å². The van der Waals surface area contributed by atoms with Crippen LogP contribution in [0.3, 0.4) is 0 Å². The summed E-state index contributed by atoms with van der Waals surface area (Å²) < 4.78 is 17.0. The largest absolute Gasteiger partial charge is 0.462 e. The Hall–Kier alpha value is -3.67. The number of esters is 3. The Morgan fingerprint density at radius 1 is 0.256 bits per heavy atom. The summed E-state index contributed by atoms with van der Waals surface area (Å²) in [6, 6.07) is 0. The Morgan fingerprint density at radius 2 is 0.476 bits per heavy atom. The third-order valence-electron chi connectivity index (χ3n) is 15.3. The molecule has 82 heavy (non-hydrogen) atoms. The maximum Gasteiger partial charge on any atom is 0.306 e. The van der Waals surface area contributed by atoms with Gasteiger partial charge in [-0.15, -0.1) is 0 Å². The Labute approximate surface area is 508 Å². The van der Waals surface area contributed by atoms with Crippen molar-refractivity contribution in [3.05, 3.63) is 97.2 Å². The van der Waals surface area contributed by atoms with Crippen LogP contribution in [0.15, 0.2) is 97.2 Å². The summed E-state index contributed by atoms with van der Waals surface area (Å²) in [5.41, 5.74) is 0. The van der Waals surface area contributed by atoms with Gasteiger partial charge in [0.1, 0.15) is 13.2 Å². The zero-order valence-electron chi connectivity index (χ0n) is 54.2. The van der Waals surface area contributed by atoms with Crippen molar-refractivity contribution in [1.82, 2.24) is 0 Å². The topological polar surface area (TPSA) is 78.9 Å². The van der Waals surface area contributed by atoms with Gasteiger partial charge < -0.3 is 14.2 Å². The Morgan fingerprint density at radius 3 is 0.780 bits per heavy atom. The van der Waals surface area contributed by atoms with Crippen LogP contribution in [0.5, 0.6) is 0 Å². The van der Waals surface area contributed by atoms with Gasteiger partial charge in [0.15, 0.2) is 6.10 Å². The van der Waals surface area contributed by atoms with E-state index in [0.717, 1.165) is 109 Å². The summed E-state index contributed by atoms with van der Waals surface area (Å²) in [4.78, 5) is 38.5. The van der Waals surface area contributed by atoms with E-state index in [2.05, 4.69) is 118 Å². The van der Waals surface area contributed by atoms with Crippen LogP contribution in [0, 0.1) is 0 Å². The summed E-state index contributed by atoms with van der Waals surface area (Å²) in [5.74, 6) is -0.884. The lowest BCUT2D eigenvalue weighted by atomic mass is 10.0. The van der Waals surface area contributed by atoms with Gasteiger partial charge in [0.05, 0.1) is 0 Å². The highest BCUT2D eigenvalue weighted by Gasteiger charge is 2.19. The molecule has 1 unspecified atom stereocenters. The molecule has 0 saturated heterocycles. The quantitative estimate of drug-likeness (QED) is 0.0261. The molecule has 0 aromatic carbocycles. The van der Waals surface area contributed by atoms with E-state index in [1.807, 2.05) is 0 Å². The molecule has 0 radical (unpaired) electrons. The first-order chi connectivity index (χ1) is 40.5. The third kappa shape index (κ3) is 67.1. The number of unbranched alkanes of at least 4 members (excludes halogenated alkanes) is 37. The molecule has 472 valence electrons. The molecule has 0 rings (SSSR count). The molecule has 0 fully saturated rings. The molecule has 0 aliphatic rings. The van der Waals surface area contributed by atoms with Gasteiger partial charge in [0, 0.05) is 19.3 Å². The minimum atomic E-state index is -0.789. The smallest absolute Gasteiger partial charge is 0.306 e. The molecule has 0 aliphatic heterocycles.